The fraction of sp³-hybridized carbons (Fsp3) is 0.368. The Hall–Kier alpha value is -3.53. The van der Waals surface area contributed by atoms with Gasteiger partial charge in [-0.2, -0.15) is 28.8 Å². The standard InChI is InChI=1S/C19H17F3N6O/c20-19(21,22)13-2-4-14(5-3-13)26-18-15(17(25)29)10-28(27-18)16-6-1-11(8-23)7-12(16)9-24/h2-5,10-12,16H,1,6-7H2,(H2,25,29)(H,26,27)/t11-,12-,16+/m1/s1. The number of nitriles is 2. The van der Waals surface area contributed by atoms with Crippen LogP contribution in [0.1, 0.15) is 41.2 Å². The molecule has 1 aliphatic carbocycles. The van der Waals surface area contributed by atoms with Crippen molar-refractivity contribution in [3.05, 3.63) is 41.6 Å². The smallest absolute Gasteiger partial charge is 0.365 e. The van der Waals surface area contributed by atoms with E-state index in [0.717, 1.165) is 12.1 Å². The van der Waals surface area contributed by atoms with Crippen LogP contribution in [0, 0.1) is 34.5 Å². The van der Waals surface area contributed by atoms with Crippen LogP contribution in [-0.4, -0.2) is 15.7 Å². The van der Waals surface area contributed by atoms with E-state index in [1.165, 1.54) is 23.0 Å². The fourth-order valence-electron chi connectivity index (χ4n) is 3.44. The van der Waals surface area contributed by atoms with E-state index in [1.54, 1.807) is 0 Å². The van der Waals surface area contributed by atoms with E-state index in [0.29, 0.717) is 24.9 Å². The molecule has 10 heteroatoms. The van der Waals surface area contributed by atoms with Gasteiger partial charge in [0.05, 0.1) is 29.7 Å². The number of nitrogens with zero attached hydrogens (tertiary/aromatic N) is 4. The first-order valence-electron chi connectivity index (χ1n) is 8.85. The SMILES string of the molecule is N#C[C@@H]1CC[C@H](n2cc(C(N)=O)c(Nc3ccc(C(F)(F)F)cc3)n2)[C@@H](C#N)C1. The molecule has 2 aromatic rings. The van der Waals surface area contributed by atoms with Gasteiger partial charge in [0.25, 0.3) is 5.91 Å². The summed E-state index contributed by atoms with van der Waals surface area (Å²) in [4.78, 5) is 11.8. The highest BCUT2D eigenvalue weighted by Gasteiger charge is 2.33. The highest BCUT2D eigenvalue weighted by atomic mass is 19.4. The highest BCUT2D eigenvalue weighted by Crippen LogP contribution is 2.37. The number of anilines is 2. The van der Waals surface area contributed by atoms with Crippen LogP contribution in [0.25, 0.3) is 0 Å². The molecule has 0 aliphatic heterocycles. The van der Waals surface area contributed by atoms with Crippen molar-refractivity contribution < 1.29 is 18.0 Å². The molecular weight excluding hydrogens is 385 g/mol. The van der Waals surface area contributed by atoms with Crippen LogP contribution >= 0.6 is 0 Å². The molecule has 1 amide bonds. The lowest BCUT2D eigenvalue weighted by atomic mass is 9.79. The Bertz CT molecular complexity index is 983. The van der Waals surface area contributed by atoms with E-state index in [1.807, 2.05) is 0 Å². The fourth-order valence-corrected chi connectivity index (χ4v) is 3.44. The average Bonchev–Trinajstić information content (AvgIpc) is 3.11. The van der Waals surface area contributed by atoms with Crippen molar-refractivity contribution in [2.75, 3.05) is 5.32 Å². The van der Waals surface area contributed by atoms with Gasteiger partial charge in [0.2, 0.25) is 0 Å². The molecule has 1 aliphatic rings. The van der Waals surface area contributed by atoms with Gasteiger partial charge in [-0.05, 0) is 43.5 Å². The number of rotatable bonds is 4. The van der Waals surface area contributed by atoms with E-state index in [9.17, 15) is 23.2 Å². The molecule has 1 aromatic heterocycles. The number of halogens is 3. The first-order valence-corrected chi connectivity index (χ1v) is 8.85. The molecule has 7 nitrogen and oxygen atoms in total. The molecule has 0 bridgehead atoms. The van der Waals surface area contributed by atoms with Gasteiger partial charge in [0.15, 0.2) is 5.82 Å². The second-order valence-electron chi connectivity index (χ2n) is 6.88. The third-order valence-corrected chi connectivity index (χ3v) is 4.97. The summed E-state index contributed by atoms with van der Waals surface area (Å²) in [6, 6.07) is 8.32. The average molecular weight is 402 g/mol. The van der Waals surface area contributed by atoms with Gasteiger partial charge in [-0.3, -0.25) is 9.48 Å². The van der Waals surface area contributed by atoms with Gasteiger partial charge in [-0.15, -0.1) is 0 Å². The predicted octanol–water partition coefficient (Wildman–Crippen LogP) is 3.75. The van der Waals surface area contributed by atoms with Gasteiger partial charge in [0, 0.05) is 17.8 Å². The third-order valence-electron chi connectivity index (χ3n) is 4.97. The summed E-state index contributed by atoms with van der Waals surface area (Å²) in [6.45, 7) is 0. The molecule has 1 saturated carbocycles. The Morgan fingerprint density at radius 3 is 2.45 bits per heavy atom. The third kappa shape index (κ3) is 4.32. The summed E-state index contributed by atoms with van der Waals surface area (Å²) < 4.78 is 39.6. The van der Waals surface area contributed by atoms with E-state index < -0.39 is 23.6 Å². The quantitative estimate of drug-likeness (QED) is 0.807. The second-order valence-corrected chi connectivity index (χ2v) is 6.88. The Balaban J connectivity index is 1.87. The number of primary amides is 1. The molecule has 0 radical (unpaired) electrons. The largest absolute Gasteiger partial charge is 0.416 e. The van der Waals surface area contributed by atoms with E-state index in [2.05, 4.69) is 22.6 Å². The molecule has 0 saturated heterocycles. The number of alkyl halides is 3. The van der Waals surface area contributed by atoms with Crippen LogP contribution in [0.5, 0.6) is 0 Å². The van der Waals surface area contributed by atoms with Gasteiger partial charge >= 0.3 is 6.18 Å². The monoisotopic (exact) mass is 402 g/mol. The number of amides is 1. The minimum Gasteiger partial charge on any atom is -0.365 e. The van der Waals surface area contributed by atoms with Crippen LogP contribution in [-0.2, 0) is 6.18 Å². The van der Waals surface area contributed by atoms with Gasteiger partial charge < -0.3 is 11.1 Å². The molecule has 1 fully saturated rings. The molecular formula is C19H17F3N6O. The summed E-state index contributed by atoms with van der Waals surface area (Å²) >= 11 is 0. The Kier molecular flexibility index (Phi) is 5.46. The molecule has 1 heterocycles. The normalized spacial score (nSPS) is 21.8. The van der Waals surface area contributed by atoms with E-state index in [-0.39, 0.29) is 23.3 Å². The highest BCUT2D eigenvalue weighted by molar-refractivity contribution is 5.98. The summed E-state index contributed by atoms with van der Waals surface area (Å²) in [7, 11) is 0. The minimum atomic E-state index is -4.45. The molecule has 0 spiro atoms. The van der Waals surface area contributed by atoms with Crippen molar-refractivity contribution in [1.82, 2.24) is 9.78 Å². The van der Waals surface area contributed by atoms with Crippen LogP contribution in [0.3, 0.4) is 0 Å². The lowest BCUT2D eigenvalue weighted by molar-refractivity contribution is -0.137. The molecule has 150 valence electrons. The number of aromatic nitrogens is 2. The molecule has 0 unspecified atom stereocenters. The number of benzene rings is 1. The second kappa shape index (κ2) is 7.84. The molecule has 3 rings (SSSR count). The van der Waals surface area contributed by atoms with Crippen molar-refractivity contribution in [2.24, 2.45) is 17.6 Å². The summed E-state index contributed by atoms with van der Waals surface area (Å²) in [5.41, 5.74) is 4.98. The molecule has 1 aromatic carbocycles. The van der Waals surface area contributed by atoms with Gasteiger partial charge in [0.1, 0.15) is 5.56 Å². The topological polar surface area (TPSA) is 121 Å². The zero-order valence-electron chi connectivity index (χ0n) is 15.1. The summed E-state index contributed by atoms with van der Waals surface area (Å²) in [5.74, 6) is -1.32. The first kappa shape index (κ1) is 20.2. The maximum atomic E-state index is 12.7. The van der Waals surface area contributed by atoms with Crippen LogP contribution < -0.4 is 11.1 Å². The van der Waals surface area contributed by atoms with Crippen molar-refractivity contribution >= 4 is 17.4 Å². The lowest BCUT2D eigenvalue weighted by Gasteiger charge is -2.29. The molecule has 3 N–H and O–H groups in total. The Morgan fingerprint density at radius 2 is 1.90 bits per heavy atom. The maximum absolute atomic E-state index is 12.7. The Labute approximate surface area is 164 Å². The number of carbonyl (C=O) groups is 1. The summed E-state index contributed by atoms with van der Waals surface area (Å²) in [5, 5.41) is 25.7. The zero-order valence-corrected chi connectivity index (χ0v) is 15.1. The van der Waals surface area contributed by atoms with Crippen molar-refractivity contribution in [3.8, 4) is 12.1 Å². The van der Waals surface area contributed by atoms with Crippen LogP contribution in [0.2, 0.25) is 0 Å². The number of nitrogens with one attached hydrogen (secondary N) is 1. The lowest BCUT2D eigenvalue weighted by Crippen LogP contribution is -2.26. The first-order chi connectivity index (χ1) is 13.7. The summed E-state index contributed by atoms with van der Waals surface area (Å²) in [6.07, 6.45) is -1.47. The van der Waals surface area contributed by atoms with Crippen LogP contribution in [0.15, 0.2) is 30.5 Å². The maximum Gasteiger partial charge on any atom is 0.416 e. The number of hydrogen-bond donors (Lipinski definition) is 2. The van der Waals surface area contributed by atoms with Crippen molar-refractivity contribution in [3.63, 3.8) is 0 Å². The minimum absolute atomic E-state index is 0.0593. The number of nitrogens with two attached hydrogens (primary N) is 1. The van der Waals surface area contributed by atoms with Crippen molar-refractivity contribution in [1.29, 1.82) is 10.5 Å². The molecule has 3 atom stereocenters. The predicted molar refractivity (Wildman–Crippen MR) is 96.6 cm³/mol. The van der Waals surface area contributed by atoms with Crippen molar-refractivity contribution in [2.45, 2.75) is 31.5 Å². The van der Waals surface area contributed by atoms with Gasteiger partial charge in [-0.25, -0.2) is 0 Å². The zero-order chi connectivity index (χ0) is 21.2. The van der Waals surface area contributed by atoms with E-state index >= 15 is 0 Å². The number of hydrogen-bond acceptors (Lipinski definition) is 5. The number of carbonyl (C=O) groups excluding carboxylic acids is 1. The Morgan fingerprint density at radius 1 is 1.21 bits per heavy atom. The molecule has 29 heavy (non-hydrogen) atoms. The van der Waals surface area contributed by atoms with E-state index in [4.69, 9.17) is 11.0 Å². The van der Waals surface area contributed by atoms with Gasteiger partial charge in [-0.1, -0.05) is 0 Å². The van der Waals surface area contributed by atoms with Crippen LogP contribution in [0.4, 0.5) is 24.7 Å².